The molecule has 2 heterocycles. The van der Waals surface area contributed by atoms with Crippen LogP contribution in [0, 0.1) is 13.8 Å². The molecule has 45 heavy (non-hydrogen) atoms. The van der Waals surface area contributed by atoms with E-state index in [0.717, 1.165) is 39.4 Å². The summed E-state index contributed by atoms with van der Waals surface area (Å²) in [5.74, 6) is 1.03. The lowest BCUT2D eigenvalue weighted by molar-refractivity contribution is 0.584. The second-order valence-corrected chi connectivity index (χ2v) is 11.3. The third-order valence-electron chi connectivity index (χ3n) is 8.35. The van der Waals surface area contributed by atoms with Gasteiger partial charge in [0.2, 0.25) is 11.8 Å². The topological polar surface area (TPSA) is 47.1 Å². The number of aryl methyl sites for hydroxylation is 2. The molecule has 216 valence electrons. The maximum absolute atomic E-state index is 6.14. The van der Waals surface area contributed by atoms with Crippen LogP contribution in [0.5, 0.6) is 0 Å². The highest BCUT2D eigenvalue weighted by Gasteiger charge is 2.18. The van der Waals surface area contributed by atoms with Gasteiger partial charge in [0.1, 0.15) is 0 Å². The highest BCUT2D eigenvalue weighted by atomic mass is 16.4. The first-order valence-electron chi connectivity index (χ1n) is 15.1. The first-order valence-corrected chi connectivity index (χ1v) is 15.1. The van der Waals surface area contributed by atoms with E-state index in [1.807, 2.05) is 24.3 Å². The highest BCUT2D eigenvalue weighted by Crippen LogP contribution is 2.40. The largest absolute Gasteiger partial charge is 0.416 e. The molecule has 5 heteroatoms. The zero-order valence-electron chi connectivity index (χ0n) is 25.1. The Kier molecular flexibility index (Phi) is 6.50. The van der Waals surface area contributed by atoms with Crippen molar-refractivity contribution in [3.8, 4) is 28.6 Å². The number of nitrogens with zero attached hydrogens (tertiary/aromatic N) is 4. The van der Waals surface area contributed by atoms with Crippen LogP contribution in [0.1, 0.15) is 11.1 Å². The third kappa shape index (κ3) is 4.75. The van der Waals surface area contributed by atoms with Crippen molar-refractivity contribution in [3.63, 3.8) is 0 Å². The van der Waals surface area contributed by atoms with Gasteiger partial charge in [-0.15, -0.1) is 10.2 Å². The number of rotatable bonds is 6. The molecule has 8 aromatic rings. The van der Waals surface area contributed by atoms with Gasteiger partial charge >= 0.3 is 0 Å². The molecule has 0 atom stereocenters. The minimum absolute atomic E-state index is 0.498. The SMILES string of the molecule is Cc1ccc(-c2nnc(-c3ccc(N(c4ccccc4)c4ccc5c(c4)c4ccccc4n5-c4ccccc4)cc3)o2)c(C)c1. The van der Waals surface area contributed by atoms with Gasteiger partial charge in [-0.05, 0) is 98.3 Å². The van der Waals surface area contributed by atoms with E-state index in [1.165, 1.54) is 27.4 Å². The number of para-hydroxylation sites is 3. The fraction of sp³-hybridized carbons (Fsp3) is 0.0500. The van der Waals surface area contributed by atoms with Crippen LogP contribution in [0.2, 0.25) is 0 Å². The van der Waals surface area contributed by atoms with Gasteiger partial charge in [-0.25, -0.2) is 0 Å². The van der Waals surface area contributed by atoms with E-state index in [-0.39, 0.29) is 0 Å². The predicted octanol–water partition coefficient (Wildman–Crippen LogP) is 10.6. The second-order valence-electron chi connectivity index (χ2n) is 11.3. The lowest BCUT2D eigenvalue weighted by Crippen LogP contribution is -2.09. The standard InChI is InChI=1S/C40H30N4O/c1-27-17-23-34(28(2)25-27)40-42-41-39(45-40)29-18-20-32(21-19-29)43(30-11-5-3-6-12-30)33-22-24-38-36(26-33)35-15-9-10-16-37(35)44(38)31-13-7-4-8-14-31/h3-26H,1-2H3. The molecule has 6 aromatic carbocycles. The van der Waals surface area contributed by atoms with E-state index < -0.39 is 0 Å². The maximum atomic E-state index is 6.14. The Bertz CT molecular complexity index is 2280. The molecule has 0 aliphatic rings. The molecule has 5 nitrogen and oxygen atoms in total. The zero-order valence-corrected chi connectivity index (χ0v) is 25.1. The molecule has 0 amide bonds. The van der Waals surface area contributed by atoms with Crippen LogP contribution in [0.15, 0.2) is 150 Å². The molecule has 0 saturated carbocycles. The molecular weight excluding hydrogens is 552 g/mol. The molecule has 0 bridgehead atoms. The van der Waals surface area contributed by atoms with Crippen molar-refractivity contribution >= 4 is 38.9 Å². The van der Waals surface area contributed by atoms with Crippen molar-refractivity contribution in [2.24, 2.45) is 0 Å². The highest BCUT2D eigenvalue weighted by molar-refractivity contribution is 6.10. The Morgan fingerprint density at radius 1 is 0.533 bits per heavy atom. The minimum Gasteiger partial charge on any atom is -0.416 e. The van der Waals surface area contributed by atoms with Crippen LogP contribution in [-0.4, -0.2) is 14.8 Å². The number of fused-ring (bicyclic) bond motifs is 3. The Morgan fingerprint density at radius 2 is 1.18 bits per heavy atom. The van der Waals surface area contributed by atoms with Gasteiger partial charge in [0.05, 0.1) is 11.0 Å². The van der Waals surface area contributed by atoms with E-state index in [2.05, 4.69) is 155 Å². The van der Waals surface area contributed by atoms with Crippen molar-refractivity contribution in [2.75, 3.05) is 4.90 Å². The van der Waals surface area contributed by atoms with E-state index in [1.54, 1.807) is 0 Å². The Labute approximate surface area is 261 Å². The minimum atomic E-state index is 0.498. The van der Waals surface area contributed by atoms with Crippen LogP contribution in [0.4, 0.5) is 17.1 Å². The van der Waals surface area contributed by atoms with E-state index in [0.29, 0.717) is 11.8 Å². The number of benzene rings is 6. The molecule has 0 N–H and O–H groups in total. The Balaban J connectivity index is 1.21. The van der Waals surface area contributed by atoms with Crippen LogP contribution < -0.4 is 4.90 Å². The summed E-state index contributed by atoms with van der Waals surface area (Å²) >= 11 is 0. The summed E-state index contributed by atoms with van der Waals surface area (Å²) in [4.78, 5) is 2.28. The lowest BCUT2D eigenvalue weighted by Gasteiger charge is -2.25. The van der Waals surface area contributed by atoms with Crippen molar-refractivity contribution in [1.82, 2.24) is 14.8 Å². The summed E-state index contributed by atoms with van der Waals surface area (Å²) in [6, 6.07) is 50.9. The van der Waals surface area contributed by atoms with Crippen LogP contribution >= 0.6 is 0 Å². The maximum Gasteiger partial charge on any atom is 0.248 e. The number of hydrogen-bond donors (Lipinski definition) is 0. The van der Waals surface area contributed by atoms with Gasteiger partial charge in [0.25, 0.3) is 0 Å². The quantitative estimate of drug-likeness (QED) is 0.196. The fourth-order valence-electron chi connectivity index (χ4n) is 6.23. The molecule has 0 fully saturated rings. The van der Waals surface area contributed by atoms with Crippen LogP contribution in [0.25, 0.3) is 50.4 Å². The van der Waals surface area contributed by atoms with Gasteiger partial charge in [0, 0.05) is 44.6 Å². The summed E-state index contributed by atoms with van der Waals surface area (Å²) in [7, 11) is 0. The molecule has 0 aliphatic heterocycles. The summed E-state index contributed by atoms with van der Waals surface area (Å²) in [6.07, 6.45) is 0. The molecule has 2 aromatic heterocycles. The molecule has 0 unspecified atom stereocenters. The Morgan fingerprint density at radius 3 is 1.96 bits per heavy atom. The second kappa shape index (κ2) is 11.0. The normalized spacial score (nSPS) is 11.3. The summed E-state index contributed by atoms with van der Waals surface area (Å²) in [5.41, 5.74) is 10.8. The summed E-state index contributed by atoms with van der Waals surface area (Å²) < 4.78 is 8.48. The van der Waals surface area contributed by atoms with Crippen LogP contribution in [-0.2, 0) is 0 Å². The van der Waals surface area contributed by atoms with Gasteiger partial charge in [0.15, 0.2) is 0 Å². The molecule has 0 radical (unpaired) electrons. The average Bonchev–Trinajstić information content (AvgIpc) is 3.70. The number of anilines is 3. The first kappa shape index (κ1) is 26.7. The fourth-order valence-corrected chi connectivity index (χ4v) is 6.23. The Hall–Kier alpha value is -5.94. The van der Waals surface area contributed by atoms with Crippen molar-refractivity contribution in [2.45, 2.75) is 13.8 Å². The monoisotopic (exact) mass is 582 g/mol. The molecule has 0 aliphatic carbocycles. The number of aromatic nitrogens is 3. The molecule has 8 rings (SSSR count). The van der Waals surface area contributed by atoms with Gasteiger partial charge in [-0.3, -0.25) is 0 Å². The first-order chi connectivity index (χ1) is 22.1. The molecular formula is C40H30N4O. The lowest BCUT2D eigenvalue weighted by atomic mass is 10.1. The smallest absolute Gasteiger partial charge is 0.248 e. The van der Waals surface area contributed by atoms with E-state index >= 15 is 0 Å². The predicted molar refractivity (Wildman–Crippen MR) is 184 cm³/mol. The average molecular weight is 583 g/mol. The summed E-state index contributed by atoms with van der Waals surface area (Å²) in [6.45, 7) is 4.15. The van der Waals surface area contributed by atoms with Crippen LogP contribution in [0.3, 0.4) is 0 Å². The zero-order chi connectivity index (χ0) is 30.3. The summed E-state index contributed by atoms with van der Waals surface area (Å²) in [5, 5.41) is 11.2. The van der Waals surface area contributed by atoms with Crippen molar-refractivity contribution < 1.29 is 4.42 Å². The van der Waals surface area contributed by atoms with Crippen molar-refractivity contribution in [1.29, 1.82) is 0 Å². The van der Waals surface area contributed by atoms with Gasteiger partial charge < -0.3 is 13.9 Å². The van der Waals surface area contributed by atoms with E-state index in [9.17, 15) is 0 Å². The molecule has 0 saturated heterocycles. The van der Waals surface area contributed by atoms with Crippen molar-refractivity contribution in [3.05, 3.63) is 157 Å². The third-order valence-corrected chi connectivity index (χ3v) is 8.35. The van der Waals surface area contributed by atoms with Gasteiger partial charge in [-0.2, -0.15) is 0 Å². The van der Waals surface area contributed by atoms with Gasteiger partial charge in [-0.1, -0.05) is 72.3 Å². The molecule has 0 spiro atoms. The number of hydrogen-bond acceptors (Lipinski definition) is 4. The van der Waals surface area contributed by atoms with E-state index in [4.69, 9.17) is 4.42 Å².